The lowest BCUT2D eigenvalue weighted by atomic mass is 10.0. The van der Waals surface area contributed by atoms with Crippen molar-refractivity contribution in [1.82, 2.24) is 20.4 Å². The first kappa shape index (κ1) is 24.7. The molecule has 1 aliphatic rings. The van der Waals surface area contributed by atoms with Crippen LogP contribution in [0.4, 0.5) is 5.82 Å². The van der Waals surface area contributed by atoms with Gasteiger partial charge in [-0.2, -0.15) is 5.10 Å². The first-order valence-corrected chi connectivity index (χ1v) is 12.6. The number of aryl methyl sites for hydroxylation is 1. The number of benzene rings is 3. The fourth-order valence-electron chi connectivity index (χ4n) is 4.18. The lowest BCUT2D eigenvalue weighted by Crippen LogP contribution is -2.25. The van der Waals surface area contributed by atoms with Crippen molar-refractivity contribution in [3.8, 4) is 5.69 Å². The summed E-state index contributed by atoms with van der Waals surface area (Å²) in [6.07, 6.45) is 3.51. The Morgan fingerprint density at radius 2 is 1.73 bits per heavy atom. The Hall–Kier alpha value is -3.94. The molecule has 0 unspecified atom stereocenters. The Labute approximate surface area is 220 Å². The lowest BCUT2D eigenvalue weighted by Gasteiger charge is -2.11. The summed E-state index contributed by atoms with van der Waals surface area (Å²) in [6.45, 7) is 3.17. The van der Waals surface area contributed by atoms with Crippen molar-refractivity contribution in [3.05, 3.63) is 111 Å². The molecule has 188 valence electrons. The van der Waals surface area contributed by atoms with E-state index in [0.717, 1.165) is 29.5 Å². The Morgan fingerprint density at radius 1 is 1.00 bits per heavy atom. The molecule has 37 heavy (non-hydrogen) atoms. The van der Waals surface area contributed by atoms with Gasteiger partial charge in [-0.05, 0) is 66.8 Å². The molecule has 1 fully saturated rings. The van der Waals surface area contributed by atoms with E-state index >= 15 is 0 Å². The highest BCUT2D eigenvalue weighted by molar-refractivity contribution is 6.30. The average molecular weight is 514 g/mol. The molecule has 1 heterocycles. The van der Waals surface area contributed by atoms with Gasteiger partial charge >= 0.3 is 0 Å². The number of aromatic nitrogens is 2. The molecule has 1 saturated carbocycles. The second-order valence-corrected chi connectivity index (χ2v) is 9.80. The minimum absolute atomic E-state index is 0.119. The van der Waals surface area contributed by atoms with Crippen molar-refractivity contribution >= 4 is 29.1 Å². The van der Waals surface area contributed by atoms with E-state index in [4.69, 9.17) is 17.3 Å². The number of nitrogens with two attached hydrogens (primary N) is 1. The van der Waals surface area contributed by atoms with Gasteiger partial charge in [0.15, 0.2) is 5.78 Å². The summed E-state index contributed by atoms with van der Waals surface area (Å²) in [7, 11) is 0. The summed E-state index contributed by atoms with van der Waals surface area (Å²) >= 11 is 6.06. The van der Waals surface area contributed by atoms with Gasteiger partial charge in [-0.3, -0.25) is 9.59 Å². The molecule has 0 bridgehead atoms. The second kappa shape index (κ2) is 10.6. The van der Waals surface area contributed by atoms with Crippen molar-refractivity contribution in [1.29, 1.82) is 0 Å². The molecule has 0 spiro atoms. The Bertz CT molecular complexity index is 1470. The average Bonchev–Trinajstić information content (AvgIpc) is 3.63. The highest BCUT2D eigenvalue weighted by Crippen LogP contribution is 2.25. The maximum absolute atomic E-state index is 13.4. The van der Waals surface area contributed by atoms with Crippen LogP contribution in [0.1, 0.15) is 55.8 Å². The van der Waals surface area contributed by atoms with E-state index in [1.165, 1.54) is 10.9 Å². The number of carbonyl (C=O) groups is 2. The van der Waals surface area contributed by atoms with E-state index in [-0.39, 0.29) is 23.6 Å². The third kappa shape index (κ3) is 5.74. The van der Waals surface area contributed by atoms with E-state index in [9.17, 15) is 9.59 Å². The van der Waals surface area contributed by atoms with E-state index in [2.05, 4.69) is 15.7 Å². The van der Waals surface area contributed by atoms with Gasteiger partial charge in [0, 0.05) is 35.3 Å². The first-order chi connectivity index (χ1) is 17.9. The summed E-state index contributed by atoms with van der Waals surface area (Å²) in [6, 6.07) is 20.8. The number of amides is 1. The molecule has 0 aliphatic heterocycles. The zero-order valence-corrected chi connectivity index (χ0v) is 21.3. The molecular weight excluding hydrogens is 486 g/mol. The second-order valence-electron chi connectivity index (χ2n) is 9.37. The van der Waals surface area contributed by atoms with Gasteiger partial charge in [0.25, 0.3) is 5.91 Å². The number of hydrogen-bond donors (Lipinski definition) is 3. The van der Waals surface area contributed by atoms with Crippen molar-refractivity contribution < 1.29 is 9.59 Å². The summed E-state index contributed by atoms with van der Waals surface area (Å²) in [5, 5.41) is 11.5. The predicted molar refractivity (Wildman–Crippen MR) is 145 cm³/mol. The van der Waals surface area contributed by atoms with Gasteiger partial charge in [-0.1, -0.05) is 48.0 Å². The number of halogens is 1. The smallest absolute Gasteiger partial charge is 0.251 e. The zero-order chi connectivity index (χ0) is 25.9. The van der Waals surface area contributed by atoms with Crippen LogP contribution >= 0.6 is 11.6 Å². The standard InChI is InChI=1S/C29H28ClN5O2/c1-18-8-9-22(29(37)34-24-10-11-24)14-26(18)35-28(31)25(17-33-35)27(36)21-6-2-4-19(12-21)15-32-16-20-5-3-7-23(30)13-20/h2-9,12-14,17,24,32H,10-11,15-16,31H2,1H3,(H,34,37). The van der Waals surface area contributed by atoms with Gasteiger partial charge in [0.1, 0.15) is 5.82 Å². The Kier molecular flexibility index (Phi) is 7.08. The molecule has 0 radical (unpaired) electrons. The number of rotatable bonds is 9. The van der Waals surface area contributed by atoms with Gasteiger partial charge in [0.2, 0.25) is 0 Å². The summed E-state index contributed by atoms with van der Waals surface area (Å²) in [4.78, 5) is 25.9. The molecule has 1 aliphatic carbocycles. The number of nitrogens with zero attached hydrogens (tertiary/aromatic N) is 2. The predicted octanol–water partition coefficient (Wildman–Crippen LogP) is 4.83. The van der Waals surface area contributed by atoms with Crippen molar-refractivity contribution in [3.63, 3.8) is 0 Å². The highest BCUT2D eigenvalue weighted by Gasteiger charge is 2.24. The highest BCUT2D eigenvalue weighted by atomic mass is 35.5. The Balaban J connectivity index is 1.32. The van der Waals surface area contributed by atoms with Gasteiger partial charge in [-0.15, -0.1) is 0 Å². The molecule has 0 atom stereocenters. The maximum Gasteiger partial charge on any atom is 0.251 e. The van der Waals surface area contributed by atoms with E-state index < -0.39 is 0 Å². The van der Waals surface area contributed by atoms with Crippen molar-refractivity contribution in [2.45, 2.75) is 38.9 Å². The normalized spacial score (nSPS) is 12.9. The van der Waals surface area contributed by atoms with E-state index in [1.54, 1.807) is 18.2 Å². The SMILES string of the molecule is Cc1ccc(C(=O)NC2CC2)cc1-n1ncc(C(=O)c2cccc(CNCc3cccc(Cl)c3)c2)c1N. The molecule has 5 rings (SSSR count). The minimum atomic E-state index is -0.208. The van der Waals surface area contributed by atoms with E-state index in [0.29, 0.717) is 40.5 Å². The first-order valence-electron chi connectivity index (χ1n) is 12.2. The zero-order valence-electron chi connectivity index (χ0n) is 20.5. The van der Waals surface area contributed by atoms with Crippen LogP contribution in [0.25, 0.3) is 5.69 Å². The third-order valence-corrected chi connectivity index (χ3v) is 6.63. The molecule has 3 aromatic carbocycles. The molecule has 7 nitrogen and oxygen atoms in total. The lowest BCUT2D eigenvalue weighted by molar-refractivity contribution is 0.0950. The number of hydrogen-bond acceptors (Lipinski definition) is 5. The van der Waals surface area contributed by atoms with Gasteiger partial charge < -0.3 is 16.4 Å². The van der Waals surface area contributed by atoms with Crippen LogP contribution in [0.2, 0.25) is 5.02 Å². The largest absolute Gasteiger partial charge is 0.383 e. The number of nitrogens with one attached hydrogen (secondary N) is 2. The molecular formula is C29H28ClN5O2. The number of carbonyl (C=O) groups excluding carboxylic acids is 2. The van der Waals surface area contributed by atoms with Crippen LogP contribution in [0, 0.1) is 6.92 Å². The summed E-state index contributed by atoms with van der Waals surface area (Å²) in [5.74, 6) is -0.0929. The molecule has 8 heteroatoms. The molecule has 1 aromatic heterocycles. The minimum Gasteiger partial charge on any atom is -0.383 e. The van der Waals surface area contributed by atoms with Gasteiger partial charge in [0.05, 0.1) is 17.4 Å². The number of anilines is 1. The fourth-order valence-corrected chi connectivity index (χ4v) is 4.39. The monoisotopic (exact) mass is 513 g/mol. The van der Waals surface area contributed by atoms with Crippen molar-refractivity contribution in [2.75, 3.05) is 5.73 Å². The quantitative estimate of drug-likeness (QED) is 0.278. The summed E-state index contributed by atoms with van der Waals surface area (Å²) in [5.41, 5.74) is 11.4. The van der Waals surface area contributed by atoms with Crippen LogP contribution in [0.15, 0.2) is 72.9 Å². The third-order valence-electron chi connectivity index (χ3n) is 6.40. The van der Waals surface area contributed by atoms with Crippen LogP contribution in [-0.4, -0.2) is 27.5 Å². The number of ketones is 1. The number of nitrogen functional groups attached to an aromatic ring is 1. The topological polar surface area (TPSA) is 102 Å². The van der Waals surface area contributed by atoms with Crippen LogP contribution < -0.4 is 16.4 Å². The van der Waals surface area contributed by atoms with Crippen LogP contribution in [-0.2, 0) is 13.1 Å². The molecule has 0 saturated heterocycles. The maximum atomic E-state index is 13.4. The van der Waals surface area contributed by atoms with Crippen LogP contribution in [0.5, 0.6) is 0 Å². The Morgan fingerprint density at radius 3 is 2.46 bits per heavy atom. The van der Waals surface area contributed by atoms with Crippen molar-refractivity contribution in [2.24, 2.45) is 0 Å². The summed E-state index contributed by atoms with van der Waals surface area (Å²) < 4.78 is 1.52. The fraction of sp³-hybridized carbons (Fsp3) is 0.207. The van der Waals surface area contributed by atoms with E-state index in [1.807, 2.05) is 55.5 Å². The van der Waals surface area contributed by atoms with Crippen LogP contribution in [0.3, 0.4) is 0 Å². The molecule has 1 amide bonds. The molecule has 4 N–H and O–H groups in total. The molecule has 4 aromatic rings. The van der Waals surface area contributed by atoms with Gasteiger partial charge in [-0.25, -0.2) is 4.68 Å².